The van der Waals surface area contributed by atoms with Gasteiger partial charge in [0.15, 0.2) is 0 Å². The summed E-state index contributed by atoms with van der Waals surface area (Å²) in [6.07, 6.45) is 4.23. The molecule has 0 spiro atoms. The third-order valence-corrected chi connectivity index (χ3v) is 2.76. The van der Waals surface area contributed by atoms with E-state index in [1.807, 2.05) is 12.1 Å². The van der Waals surface area contributed by atoms with Crippen LogP contribution in [0.4, 0.5) is 0 Å². The van der Waals surface area contributed by atoms with Crippen LogP contribution in [0.5, 0.6) is 0 Å². The van der Waals surface area contributed by atoms with E-state index in [0.717, 1.165) is 12.1 Å². The quantitative estimate of drug-likeness (QED) is 0.730. The molecular weight excluding hydrogens is 210 g/mol. The maximum Gasteiger partial charge on any atom is 0.118 e. The molecular formula is C15H17NO. The van der Waals surface area contributed by atoms with E-state index >= 15 is 0 Å². The molecule has 2 nitrogen and oxygen atoms in total. The normalized spacial score (nSPS) is 10.2. The first-order valence-corrected chi connectivity index (χ1v) is 5.63. The topological polar surface area (TPSA) is 14.2 Å². The van der Waals surface area contributed by atoms with Crippen LogP contribution in [-0.4, -0.2) is 11.7 Å². The van der Waals surface area contributed by atoms with E-state index in [1.165, 1.54) is 11.1 Å². The van der Waals surface area contributed by atoms with Gasteiger partial charge >= 0.3 is 0 Å². The van der Waals surface area contributed by atoms with Crippen LogP contribution in [0.3, 0.4) is 0 Å². The van der Waals surface area contributed by atoms with Gasteiger partial charge in [0, 0.05) is 24.5 Å². The Balaban J connectivity index is 2.19. The largest absolute Gasteiger partial charge is 0.497 e. The fourth-order valence-electron chi connectivity index (χ4n) is 1.83. The van der Waals surface area contributed by atoms with Crippen molar-refractivity contribution in [3.05, 3.63) is 66.0 Å². The predicted molar refractivity (Wildman–Crippen MR) is 70.8 cm³/mol. The summed E-state index contributed by atoms with van der Waals surface area (Å²) in [5.74, 6) is 0.704. The molecule has 17 heavy (non-hydrogen) atoms. The lowest BCUT2D eigenvalue weighted by molar-refractivity contribution is 0.371. The fourth-order valence-corrected chi connectivity index (χ4v) is 1.83. The van der Waals surface area contributed by atoms with E-state index in [1.54, 1.807) is 7.11 Å². The number of hydrogen-bond donors (Lipinski definition) is 0. The molecule has 0 fully saturated rings. The number of ether oxygens (including phenoxy) is 1. The molecule has 0 unspecified atom stereocenters. The Bertz CT molecular complexity index is 525. The molecule has 2 heteroatoms. The van der Waals surface area contributed by atoms with Crippen molar-refractivity contribution in [3.8, 4) is 0 Å². The maximum absolute atomic E-state index is 5.14. The molecule has 0 bridgehead atoms. The molecule has 1 aromatic carbocycles. The minimum Gasteiger partial charge on any atom is -0.497 e. The molecule has 0 N–H and O–H groups in total. The molecule has 0 saturated carbocycles. The summed E-state index contributed by atoms with van der Waals surface area (Å²) >= 11 is 0. The van der Waals surface area contributed by atoms with E-state index in [9.17, 15) is 0 Å². The van der Waals surface area contributed by atoms with Crippen LogP contribution in [0.15, 0.2) is 49.3 Å². The average molecular weight is 227 g/mol. The van der Waals surface area contributed by atoms with Gasteiger partial charge in [-0.15, -0.1) is 0 Å². The lowest BCUT2D eigenvalue weighted by Crippen LogP contribution is -1.97. The molecule has 0 amide bonds. The zero-order valence-electron chi connectivity index (χ0n) is 10.3. The Morgan fingerprint density at radius 3 is 2.82 bits per heavy atom. The van der Waals surface area contributed by atoms with Crippen molar-refractivity contribution in [2.75, 3.05) is 7.11 Å². The number of hydrogen-bond acceptors (Lipinski definition) is 1. The van der Waals surface area contributed by atoms with Crippen molar-refractivity contribution in [1.82, 2.24) is 4.57 Å². The highest BCUT2D eigenvalue weighted by Gasteiger charge is 2.01. The van der Waals surface area contributed by atoms with Crippen molar-refractivity contribution in [2.24, 2.45) is 0 Å². The van der Waals surface area contributed by atoms with Gasteiger partial charge in [0.05, 0.1) is 7.11 Å². The van der Waals surface area contributed by atoms with Gasteiger partial charge < -0.3 is 9.30 Å². The standard InChI is InChI=1S/C15H17NO/c1-12-7-8-16(10-12)11-14-5-4-6-15(9-14)13(2)17-3/h4-10H,2,11H2,1,3H3. The summed E-state index contributed by atoms with van der Waals surface area (Å²) in [6, 6.07) is 10.4. The van der Waals surface area contributed by atoms with Crippen LogP contribution in [0, 0.1) is 6.92 Å². The third-order valence-electron chi connectivity index (χ3n) is 2.76. The van der Waals surface area contributed by atoms with E-state index < -0.39 is 0 Å². The third kappa shape index (κ3) is 2.78. The first-order chi connectivity index (χ1) is 8.19. The second kappa shape index (κ2) is 4.91. The van der Waals surface area contributed by atoms with Gasteiger partial charge in [0.2, 0.25) is 0 Å². The van der Waals surface area contributed by atoms with E-state index in [2.05, 4.69) is 48.7 Å². The number of aryl methyl sites for hydroxylation is 1. The number of rotatable bonds is 4. The average Bonchev–Trinajstić information content (AvgIpc) is 2.74. The smallest absolute Gasteiger partial charge is 0.118 e. The molecule has 0 aliphatic carbocycles. The Morgan fingerprint density at radius 2 is 2.18 bits per heavy atom. The van der Waals surface area contributed by atoms with Gasteiger partial charge in [-0.3, -0.25) is 0 Å². The predicted octanol–water partition coefficient (Wildman–Crippen LogP) is 3.46. The van der Waals surface area contributed by atoms with Crippen molar-refractivity contribution < 1.29 is 4.74 Å². The van der Waals surface area contributed by atoms with Crippen molar-refractivity contribution in [2.45, 2.75) is 13.5 Å². The van der Waals surface area contributed by atoms with Gasteiger partial charge in [-0.05, 0) is 30.2 Å². The Morgan fingerprint density at radius 1 is 1.35 bits per heavy atom. The molecule has 0 aliphatic heterocycles. The van der Waals surface area contributed by atoms with Gasteiger partial charge in [-0.2, -0.15) is 0 Å². The van der Waals surface area contributed by atoms with E-state index in [-0.39, 0.29) is 0 Å². The Labute approximate surface area is 102 Å². The van der Waals surface area contributed by atoms with Gasteiger partial charge in [-0.1, -0.05) is 24.8 Å². The lowest BCUT2D eigenvalue weighted by Gasteiger charge is -2.08. The summed E-state index contributed by atoms with van der Waals surface area (Å²) < 4.78 is 7.31. The summed E-state index contributed by atoms with van der Waals surface area (Å²) in [6.45, 7) is 6.84. The number of benzene rings is 1. The van der Waals surface area contributed by atoms with Crippen LogP contribution >= 0.6 is 0 Å². The molecule has 2 aromatic rings. The SMILES string of the molecule is C=C(OC)c1cccc(Cn2ccc(C)c2)c1. The van der Waals surface area contributed by atoms with Crippen LogP contribution in [0.25, 0.3) is 5.76 Å². The second-order valence-corrected chi connectivity index (χ2v) is 4.19. The van der Waals surface area contributed by atoms with Crippen LogP contribution < -0.4 is 0 Å². The molecule has 1 heterocycles. The molecule has 0 atom stereocenters. The molecule has 1 aromatic heterocycles. The lowest BCUT2D eigenvalue weighted by atomic mass is 10.1. The molecule has 0 saturated heterocycles. The Kier molecular flexibility index (Phi) is 3.33. The van der Waals surface area contributed by atoms with Crippen molar-refractivity contribution >= 4 is 5.76 Å². The first kappa shape index (κ1) is 11.5. The maximum atomic E-state index is 5.14. The van der Waals surface area contributed by atoms with Gasteiger partial charge in [0.25, 0.3) is 0 Å². The molecule has 0 aliphatic rings. The van der Waals surface area contributed by atoms with Gasteiger partial charge in [0.1, 0.15) is 5.76 Å². The number of aromatic nitrogens is 1. The van der Waals surface area contributed by atoms with E-state index in [0.29, 0.717) is 5.76 Å². The minimum atomic E-state index is 0.704. The van der Waals surface area contributed by atoms with E-state index in [4.69, 9.17) is 4.74 Å². The summed E-state index contributed by atoms with van der Waals surface area (Å²) in [7, 11) is 1.64. The minimum absolute atomic E-state index is 0.704. The van der Waals surface area contributed by atoms with Crippen LogP contribution in [0.1, 0.15) is 16.7 Å². The second-order valence-electron chi connectivity index (χ2n) is 4.19. The fraction of sp³-hybridized carbons (Fsp3) is 0.200. The highest BCUT2D eigenvalue weighted by atomic mass is 16.5. The number of methoxy groups -OCH3 is 1. The monoisotopic (exact) mass is 227 g/mol. The summed E-state index contributed by atoms with van der Waals surface area (Å²) in [4.78, 5) is 0. The van der Waals surface area contributed by atoms with Crippen molar-refractivity contribution in [3.63, 3.8) is 0 Å². The van der Waals surface area contributed by atoms with Gasteiger partial charge in [-0.25, -0.2) is 0 Å². The van der Waals surface area contributed by atoms with Crippen LogP contribution in [0.2, 0.25) is 0 Å². The Hall–Kier alpha value is -1.96. The van der Waals surface area contributed by atoms with Crippen LogP contribution in [-0.2, 0) is 11.3 Å². The van der Waals surface area contributed by atoms with Crippen molar-refractivity contribution in [1.29, 1.82) is 0 Å². The molecule has 88 valence electrons. The first-order valence-electron chi connectivity index (χ1n) is 5.63. The summed E-state index contributed by atoms with van der Waals surface area (Å²) in [5, 5.41) is 0. The molecule has 2 rings (SSSR count). The zero-order chi connectivity index (χ0) is 12.3. The summed E-state index contributed by atoms with van der Waals surface area (Å²) in [5.41, 5.74) is 3.56. The highest BCUT2D eigenvalue weighted by molar-refractivity contribution is 5.57. The molecule has 0 radical (unpaired) electrons. The highest BCUT2D eigenvalue weighted by Crippen LogP contribution is 2.15. The zero-order valence-corrected chi connectivity index (χ0v) is 10.3. The number of nitrogens with zero attached hydrogens (tertiary/aromatic N) is 1.